The monoisotopic (exact) mass is 559 g/mol. The van der Waals surface area contributed by atoms with Gasteiger partial charge in [0, 0.05) is 28.1 Å². The summed E-state index contributed by atoms with van der Waals surface area (Å²) < 4.78 is 5.83. The van der Waals surface area contributed by atoms with Crippen LogP contribution in [0.4, 0.5) is 5.69 Å². The van der Waals surface area contributed by atoms with Crippen LogP contribution in [0.5, 0.6) is 11.5 Å². The maximum absolute atomic E-state index is 13.6. The fraction of sp³-hybridized carbons (Fsp3) is 0.333. The standard InChI is InChI=1S/C30H33N5O4S/c31-28(32)21-14-25(40-18-21)16-33-29(38)26-15-30(12-4-5-13-30)19-35(26)27(37)17-34(20-36)22-8-10-24(11-9-22)39-23-6-2-1-3-7-23/h1-3,6-11,14,18,20,26H,4-5,12-13,15-17,19H2,(H3,31,32)(H,33,38)/t26-/m0/s1. The van der Waals surface area contributed by atoms with Crippen molar-refractivity contribution in [3.63, 3.8) is 0 Å². The lowest BCUT2D eigenvalue weighted by Gasteiger charge is -2.27. The average Bonchev–Trinajstić information content (AvgIpc) is 3.72. The molecule has 2 aliphatic rings. The second kappa shape index (κ2) is 11.9. The number of para-hydroxylation sites is 1. The zero-order valence-corrected chi connectivity index (χ0v) is 23.0. The van der Waals surface area contributed by atoms with Crippen molar-refractivity contribution in [3.8, 4) is 11.5 Å². The summed E-state index contributed by atoms with van der Waals surface area (Å²) in [5.74, 6) is 0.858. The van der Waals surface area contributed by atoms with Crippen LogP contribution >= 0.6 is 11.3 Å². The maximum atomic E-state index is 13.6. The van der Waals surface area contributed by atoms with Crippen molar-refractivity contribution in [1.82, 2.24) is 10.2 Å². The summed E-state index contributed by atoms with van der Waals surface area (Å²) in [5, 5.41) is 12.3. The van der Waals surface area contributed by atoms with Crippen molar-refractivity contribution in [2.45, 2.75) is 44.7 Å². The highest BCUT2D eigenvalue weighted by molar-refractivity contribution is 7.10. The lowest BCUT2D eigenvalue weighted by Crippen LogP contribution is -2.48. The van der Waals surface area contributed by atoms with Crippen LogP contribution in [0.15, 0.2) is 66.0 Å². The molecule has 0 radical (unpaired) electrons. The Morgan fingerprint density at radius 1 is 1.12 bits per heavy atom. The summed E-state index contributed by atoms with van der Waals surface area (Å²) in [6, 6.07) is 17.6. The van der Waals surface area contributed by atoms with Crippen LogP contribution < -0.4 is 20.7 Å². The van der Waals surface area contributed by atoms with Crippen LogP contribution in [0.3, 0.4) is 0 Å². The molecule has 2 heterocycles. The number of nitrogens with one attached hydrogen (secondary N) is 2. The van der Waals surface area contributed by atoms with E-state index in [0.717, 1.165) is 30.6 Å². The molecule has 4 N–H and O–H groups in total. The van der Waals surface area contributed by atoms with Gasteiger partial charge in [-0.2, -0.15) is 0 Å². The number of ether oxygens (including phenoxy) is 1. The minimum atomic E-state index is -0.590. The van der Waals surface area contributed by atoms with Gasteiger partial charge in [0.05, 0.1) is 6.54 Å². The van der Waals surface area contributed by atoms with E-state index in [-0.39, 0.29) is 29.6 Å². The zero-order chi connectivity index (χ0) is 28.1. The third-order valence-electron chi connectivity index (χ3n) is 7.78. The van der Waals surface area contributed by atoms with E-state index in [1.165, 1.54) is 16.2 Å². The molecule has 10 heteroatoms. The number of nitrogens with zero attached hydrogens (tertiary/aromatic N) is 2. The number of carbonyl (C=O) groups is 3. The largest absolute Gasteiger partial charge is 0.457 e. The summed E-state index contributed by atoms with van der Waals surface area (Å²) in [6.45, 7) is 0.670. The third kappa shape index (κ3) is 6.17. The smallest absolute Gasteiger partial charge is 0.243 e. The van der Waals surface area contributed by atoms with Gasteiger partial charge in [-0.25, -0.2) is 0 Å². The minimum Gasteiger partial charge on any atom is -0.457 e. The second-order valence-electron chi connectivity index (χ2n) is 10.5. The number of benzene rings is 2. The SMILES string of the molecule is N=C(N)c1csc(CNC(=O)[C@@H]2CC3(CCCC3)CN2C(=O)CN(C=O)c2ccc(Oc3ccccc3)cc2)c1. The van der Waals surface area contributed by atoms with Crippen molar-refractivity contribution in [2.75, 3.05) is 18.0 Å². The first-order valence-corrected chi connectivity index (χ1v) is 14.3. The topological polar surface area (TPSA) is 129 Å². The van der Waals surface area contributed by atoms with Gasteiger partial charge in [0.15, 0.2) is 0 Å². The molecule has 0 bridgehead atoms. The summed E-state index contributed by atoms with van der Waals surface area (Å²) in [6.07, 6.45) is 5.45. The average molecular weight is 560 g/mol. The summed E-state index contributed by atoms with van der Waals surface area (Å²) in [7, 11) is 0. The molecule has 0 unspecified atom stereocenters. The number of likely N-dealkylation sites (tertiary alicyclic amines) is 1. The number of amidine groups is 1. The lowest BCUT2D eigenvalue weighted by molar-refractivity contribution is -0.137. The summed E-state index contributed by atoms with van der Waals surface area (Å²) >= 11 is 1.43. The Kier molecular flexibility index (Phi) is 8.16. The van der Waals surface area contributed by atoms with Gasteiger partial charge in [-0.1, -0.05) is 31.0 Å². The molecule has 1 spiro atoms. The molecule has 3 aromatic rings. The number of rotatable bonds is 10. The molecular weight excluding hydrogens is 526 g/mol. The molecular formula is C30H33N5O4S. The van der Waals surface area contributed by atoms with Gasteiger partial charge in [0.1, 0.15) is 29.9 Å². The van der Waals surface area contributed by atoms with Gasteiger partial charge >= 0.3 is 0 Å². The van der Waals surface area contributed by atoms with Crippen molar-refractivity contribution in [1.29, 1.82) is 5.41 Å². The lowest BCUT2D eigenvalue weighted by atomic mass is 9.84. The molecule has 1 aliphatic heterocycles. The fourth-order valence-electron chi connectivity index (χ4n) is 5.70. The van der Waals surface area contributed by atoms with Crippen LogP contribution in [0, 0.1) is 10.8 Å². The number of thiophene rings is 1. The predicted molar refractivity (Wildman–Crippen MR) is 155 cm³/mol. The van der Waals surface area contributed by atoms with Gasteiger partial charge < -0.3 is 25.6 Å². The van der Waals surface area contributed by atoms with Crippen LogP contribution in [-0.4, -0.2) is 48.1 Å². The van der Waals surface area contributed by atoms with Crippen LogP contribution in [-0.2, 0) is 20.9 Å². The Morgan fingerprint density at radius 2 is 1.82 bits per heavy atom. The Balaban J connectivity index is 1.25. The number of anilines is 1. The van der Waals surface area contributed by atoms with Gasteiger partial charge in [0.25, 0.3) is 0 Å². The molecule has 1 aromatic heterocycles. The predicted octanol–water partition coefficient (Wildman–Crippen LogP) is 4.26. The molecule has 1 atom stereocenters. The molecule has 40 heavy (non-hydrogen) atoms. The van der Waals surface area contributed by atoms with E-state index in [2.05, 4.69) is 5.32 Å². The van der Waals surface area contributed by atoms with E-state index in [9.17, 15) is 14.4 Å². The molecule has 3 amide bonds. The quantitative estimate of drug-likeness (QED) is 0.194. The Bertz CT molecular complexity index is 1370. The van der Waals surface area contributed by atoms with E-state index < -0.39 is 6.04 Å². The van der Waals surface area contributed by atoms with E-state index in [4.69, 9.17) is 15.9 Å². The number of carbonyl (C=O) groups excluding carboxylic acids is 3. The number of hydrogen-bond donors (Lipinski definition) is 3. The maximum Gasteiger partial charge on any atom is 0.243 e. The highest BCUT2D eigenvalue weighted by atomic mass is 32.1. The first-order valence-electron chi connectivity index (χ1n) is 13.4. The molecule has 2 fully saturated rings. The van der Waals surface area contributed by atoms with Gasteiger partial charge in [-0.15, -0.1) is 11.3 Å². The normalized spacial score (nSPS) is 17.5. The van der Waals surface area contributed by atoms with Crippen molar-refractivity contribution in [2.24, 2.45) is 11.1 Å². The van der Waals surface area contributed by atoms with Crippen LogP contribution in [0.1, 0.15) is 42.5 Å². The van der Waals surface area contributed by atoms with Gasteiger partial charge in [-0.05, 0) is 67.1 Å². The third-order valence-corrected chi connectivity index (χ3v) is 8.71. The zero-order valence-electron chi connectivity index (χ0n) is 22.2. The Labute approximate surface area is 237 Å². The molecule has 2 aromatic carbocycles. The van der Waals surface area contributed by atoms with E-state index in [1.54, 1.807) is 40.6 Å². The molecule has 9 nitrogen and oxygen atoms in total. The molecule has 5 rings (SSSR count). The molecule has 208 valence electrons. The molecule has 1 saturated heterocycles. The van der Waals surface area contributed by atoms with Crippen molar-refractivity contribution >= 4 is 41.1 Å². The summed E-state index contributed by atoms with van der Waals surface area (Å²) in [4.78, 5) is 42.9. The first kappa shape index (κ1) is 27.4. The molecule has 1 saturated carbocycles. The Morgan fingerprint density at radius 3 is 2.48 bits per heavy atom. The molecule has 1 aliphatic carbocycles. The fourth-order valence-corrected chi connectivity index (χ4v) is 6.53. The van der Waals surface area contributed by atoms with Crippen LogP contribution in [0.2, 0.25) is 0 Å². The number of nitrogen functional groups attached to an aromatic ring is 1. The Hall–Kier alpha value is -4.18. The van der Waals surface area contributed by atoms with E-state index >= 15 is 0 Å². The van der Waals surface area contributed by atoms with E-state index in [0.29, 0.717) is 48.7 Å². The summed E-state index contributed by atoms with van der Waals surface area (Å²) in [5.41, 5.74) is 6.70. The minimum absolute atomic E-state index is 0.0114. The van der Waals surface area contributed by atoms with Crippen LogP contribution in [0.25, 0.3) is 0 Å². The number of amides is 3. The number of nitrogens with two attached hydrogens (primary N) is 1. The van der Waals surface area contributed by atoms with Gasteiger partial charge in [0.2, 0.25) is 18.2 Å². The highest BCUT2D eigenvalue weighted by Gasteiger charge is 2.49. The van der Waals surface area contributed by atoms with Crippen molar-refractivity contribution < 1.29 is 19.1 Å². The first-order chi connectivity index (χ1) is 19.4. The van der Waals surface area contributed by atoms with Gasteiger partial charge in [-0.3, -0.25) is 19.8 Å². The number of hydrogen-bond acceptors (Lipinski definition) is 6. The highest BCUT2D eigenvalue weighted by Crippen LogP contribution is 2.48. The van der Waals surface area contributed by atoms with Crippen molar-refractivity contribution in [3.05, 3.63) is 76.5 Å². The van der Waals surface area contributed by atoms with E-state index in [1.807, 2.05) is 30.3 Å². The second-order valence-corrected chi connectivity index (χ2v) is 11.5.